The van der Waals surface area contributed by atoms with Gasteiger partial charge in [0, 0.05) is 0 Å². The van der Waals surface area contributed by atoms with Crippen LogP contribution in [-0.4, -0.2) is 32.2 Å². The zero-order chi connectivity index (χ0) is 5.91. The van der Waals surface area contributed by atoms with Crippen LogP contribution in [0.5, 0.6) is 0 Å². The summed E-state index contributed by atoms with van der Waals surface area (Å²) in [5.41, 5.74) is 0. The highest BCUT2D eigenvalue weighted by Crippen LogP contribution is 1.93. The minimum atomic E-state index is 0.906. The fraction of sp³-hybridized carbons (Fsp3) is 0.800. The molecule has 1 radical (unpaired) electrons. The molecule has 0 amide bonds. The number of quaternary nitrogens is 1. The van der Waals surface area contributed by atoms with E-state index in [4.69, 9.17) is 11.6 Å². The first-order valence-electron chi connectivity index (χ1n) is 2.28. The molecule has 0 aliphatic carbocycles. The van der Waals surface area contributed by atoms with Gasteiger partial charge >= 0.3 is 0 Å². The Morgan fingerprint density at radius 2 is 1.86 bits per heavy atom. The Balaban J connectivity index is 3.15. The van der Waals surface area contributed by atoms with Crippen LogP contribution in [0.1, 0.15) is 0 Å². The average Bonchev–Trinajstić information content (AvgIpc) is 1.30. The van der Waals surface area contributed by atoms with Crippen LogP contribution in [-0.2, 0) is 0 Å². The average molecular weight is 122 g/mol. The zero-order valence-corrected chi connectivity index (χ0v) is 5.87. The molecule has 0 aliphatic heterocycles. The van der Waals surface area contributed by atoms with Gasteiger partial charge in [-0.15, -0.1) is 11.6 Å². The second-order valence-electron chi connectivity index (χ2n) is 2.63. The van der Waals surface area contributed by atoms with Gasteiger partial charge in [0.25, 0.3) is 0 Å². The maximum absolute atomic E-state index is 5.35. The van der Waals surface area contributed by atoms with Crippen LogP contribution in [0.25, 0.3) is 0 Å². The SMILES string of the molecule is C[N+](C)(C)C[CH]Cl. The molecular formula is C5H12ClN+. The Morgan fingerprint density at radius 1 is 1.43 bits per heavy atom. The third-order valence-corrected chi connectivity index (χ3v) is 0.755. The molecule has 0 aromatic heterocycles. The lowest BCUT2D eigenvalue weighted by molar-refractivity contribution is -0.865. The molecule has 0 bridgehead atoms. The lowest BCUT2D eigenvalue weighted by Crippen LogP contribution is -2.34. The molecule has 0 aromatic carbocycles. The van der Waals surface area contributed by atoms with E-state index in [0.29, 0.717) is 0 Å². The summed E-state index contributed by atoms with van der Waals surface area (Å²) in [5, 5.41) is 0. The van der Waals surface area contributed by atoms with Gasteiger partial charge in [0.2, 0.25) is 0 Å². The molecular weight excluding hydrogens is 110 g/mol. The number of hydrogen-bond acceptors (Lipinski definition) is 0. The van der Waals surface area contributed by atoms with E-state index in [9.17, 15) is 0 Å². The van der Waals surface area contributed by atoms with E-state index in [0.717, 1.165) is 11.0 Å². The summed E-state index contributed by atoms with van der Waals surface area (Å²) in [4.78, 5) is 0. The summed E-state index contributed by atoms with van der Waals surface area (Å²) in [6.45, 7) is 0.918. The van der Waals surface area contributed by atoms with Crippen LogP contribution in [0, 0.1) is 5.88 Å². The molecule has 0 saturated carbocycles. The van der Waals surface area contributed by atoms with Gasteiger partial charge in [-0.2, -0.15) is 0 Å². The van der Waals surface area contributed by atoms with Crippen molar-refractivity contribution >= 4 is 11.6 Å². The molecule has 0 N–H and O–H groups in total. The van der Waals surface area contributed by atoms with Gasteiger partial charge in [-0.1, -0.05) is 0 Å². The highest BCUT2D eigenvalue weighted by atomic mass is 35.5. The number of hydrogen-bond donors (Lipinski definition) is 0. The molecule has 7 heavy (non-hydrogen) atoms. The molecule has 0 aliphatic rings. The largest absolute Gasteiger partial charge is 0.330 e. The zero-order valence-electron chi connectivity index (χ0n) is 5.11. The van der Waals surface area contributed by atoms with Crippen molar-refractivity contribution in [1.82, 2.24) is 0 Å². The van der Waals surface area contributed by atoms with Crippen molar-refractivity contribution in [2.24, 2.45) is 0 Å². The smallest absolute Gasteiger partial charge is 0.104 e. The van der Waals surface area contributed by atoms with Crippen LogP contribution in [0.3, 0.4) is 0 Å². The van der Waals surface area contributed by atoms with Gasteiger partial charge in [0.1, 0.15) is 5.88 Å². The van der Waals surface area contributed by atoms with Gasteiger partial charge in [0.15, 0.2) is 0 Å². The Labute approximate surface area is 50.5 Å². The first-order valence-corrected chi connectivity index (χ1v) is 2.72. The van der Waals surface area contributed by atoms with Crippen LogP contribution in [0.4, 0.5) is 0 Å². The Morgan fingerprint density at radius 3 is 1.86 bits per heavy atom. The summed E-state index contributed by atoms with van der Waals surface area (Å²) in [5.74, 6) is 1.65. The maximum Gasteiger partial charge on any atom is 0.104 e. The van der Waals surface area contributed by atoms with Crippen molar-refractivity contribution < 1.29 is 4.48 Å². The second kappa shape index (κ2) is 2.53. The fourth-order valence-corrected chi connectivity index (χ4v) is 0.621. The number of rotatable bonds is 2. The number of nitrogens with zero attached hydrogens (tertiary/aromatic N) is 1. The molecule has 0 rings (SSSR count). The molecule has 0 aromatic rings. The minimum absolute atomic E-state index is 0.906. The predicted molar refractivity (Wildman–Crippen MR) is 33.1 cm³/mol. The molecule has 0 atom stereocenters. The Hall–Kier alpha value is 0.250. The van der Waals surface area contributed by atoms with Crippen LogP contribution in [0.2, 0.25) is 0 Å². The molecule has 2 heteroatoms. The minimum Gasteiger partial charge on any atom is -0.330 e. The van der Waals surface area contributed by atoms with Gasteiger partial charge in [-0.25, -0.2) is 0 Å². The lowest BCUT2D eigenvalue weighted by atomic mass is 10.6. The summed E-state index contributed by atoms with van der Waals surface area (Å²) < 4.78 is 0.906. The van der Waals surface area contributed by atoms with E-state index >= 15 is 0 Å². The van der Waals surface area contributed by atoms with E-state index in [1.54, 1.807) is 5.88 Å². The van der Waals surface area contributed by atoms with Crippen LogP contribution >= 0.6 is 11.6 Å². The van der Waals surface area contributed by atoms with E-state index < -0.39 is 0 Å². The van der Waals surface area contributed by atoms with Gasteiger partial charge < -0.3 is 4.48 Å². The van der Waals surface area contributed by atoms with Crippen LogP contribution < -0.4 is 0 Å². The first-order chi connectivity index (χ1) is 3.06. The van der Waals surface area contributed by atoms with Crippen molar-refractivity contribution in [1.29, 1.82) is 0 Å². The van der Waals surface area contributed by atoms with Gasteiger partial charge in [0.05, 0.1) is 27.7 Å². The normalized spacial score (nSPS) is 12.0. The van der Waals surface area contributed by atoms with Crippen molar-refractivity contribution in [2.45, 2.75) is 0 Å². The van der Waals surface area contributed by atoms with E-state index in [1.807, 2.05) is 0 Å². The summed E-state index contributed by atoms with van der Waals surface area (Å²) >= 11 is 5.35. The highest BCUT2D eigenvalue weighted by Gasteiger charge is 2.02. The Bertz CT molecular complexity index is 46.5. The highest BCUT2D eigenvalue weighted by molar-refractivity contribution is 6.23. The predicted octanol–water partition coefficient (Wildman–Crippen LogP) is 1.09. The van der Waals surface area contributed by atoms with E-state index in [1.165, 1.54) is 0 Å². The molecule has 0 unspecified atom stereocenters. The van der Waals surface area contributed by atoms with Crippen molar-refractivity contribution in [3.8, 4) is 0 Å². The molecule has 0 saturated heterocycles. The van der Waals surface area contributed by atoms with Crippen LogP contribution in [0.15, 0.2) is 0 Å². The fourth-order valence-electron chi connectivity index (χ4n) is 0.207. The molecule has 43 valence electrons. The van der Waals surface area contributed by atoms with Crippen molar-refractivity contribution in [3.63, 3.8) is 0 Å². The lowest BCUT2D eigenvalue weighted by Gasteiger charge is -2.21. The van der Waals surface area contributed by atoms with E-state index in [-0.39, 0.29) is 0 Å². The van der Waals surface area contributed by atoms with Gasteiger partial charge in [-0.05, 0) is 0 Å². The topological polar surface area (TPSA) is 0 Å². The maximum atomic E-state index is 5.35. The quantitative estimate of drug-likeness (QED) is 0.480. The third kappa shape index (κ3) is 6.25. The molecule has 0 heterocycles. The summed E-state index contributed by atoms with van der Waals surface area (Å²) in [6, 6.07) is 0. The molecule has 0 fully saturated rings. The first kappa shape index (κ1) is 7.25. The summed E-state index contributed by atoms with van der Waals surface area (Å²) in [7, 11) is 6.29. The van der Waals surface area contributed by atoms with Crippen molar-refractivity contribution in [2.75, 3.05) is 27.7 Å². The number of halogens is 1. The standard InChI is InChI=1S/C5H12ClN/c1-7(2,3)5-4-6/h4H,5H2,1-3H3/q+1. The monoisotopic (exact) mass is 121 g/mol. The second-order valence-corrected chi connectivity index (χ2v) is 2.94. The third-order valence-electron chi connectivity index (χ3n) is 0.617. The van der Waals surface area contributed by atoms with Crippen molar-refractivity contribution in [3.05, 3.63) is 5.88 Å². The molecule has 0 spiro atoms. The van der Waals surface area contributed by atoms with E-state index in [2.05, 4.69) is 21.1 Å². The van der Waals surface area contributed by atoms with Gasteiger partial charge in [-0.3, -0.25) is 0 Å². The summed E-state index contributed by atoms with van der Waals surface area (Å²) in [6.07, 6.45) is 0. The Kier molecular flexibility index (Phi) is 2.62. The molecule has 1 nitrogen and oxygen atoms in total.